The van der Waals surface area contributed by atoms with Crippen LogP contribution in [-0.2, 0) is 24.2 Å². The van der Waals surface area contributed by atoms with Crippen molar-refractivity contribution in [2.24, 2.45) is 5.41 Å². The minimum absolute atomic E-state index is 0.0868. The third kappa shape index (κ3) is 2.51. The molecule has 0 unspecified atom stereocenters. The fraction of sp³-hybridized carbons (Fsp3) is 0.786. The monoisotopic (exact) mass is 263 g/mol. The molecule has 104 valence electrons. The second-order valence-corrected chi connectivity index (χ2v) is 6.10. The molecule has 1 N–H and O–H groups in total. The molecule has 0 bridgehead atoms. The molecule has 5 nitrogen and oxygen atoms in total. The van der Waals surface area contributed by atoms with Crippen LogP contribution >= 0.6 is 0 Å². The van der Waals surface area contributed by atoms with Crippen molar-refractivity contribution >= 4 is 5.97 Å². The number of carboxylic acids is 1. The number of nitrogens with zero attached hydrogens (tertiary/aromatic N) is 3. The van der Waals surface area contributed by atoms with Crippen molar-refractivity contribution in [2.45, 2.75) is 64.3 Å². The predicted octanol–water partition coefficient (Wildman–Crippen LogP) is 2.19. The van der Waals surface area contributed by atoms with Crippen molar-refractivity contribution in [2.75, 3.05) is 0 Å². The molecule has 0 radical (unpaired) electrons. The van der Waals surface area contributed by atoms with Crippen LogP contribution in [0.25, 0.3) is 0 Å². The summed E-state index contributed by atoms with van der Waals surface area (Å²) in [6.07, 6.45) is 8.77. The van der Waals surface area contributed by atoms with Gasteiger partial charge in [-0.05, 0) is 24.7 Å². The molecule has 19 heavy (non-hydrogen) atoms. The van der Waals surface area contributed by atoms with Crippen LogP contribution in [0, 0.1) is 5.41 Å². The first kappa shape index (κ1) is 12.6. The first-order valence-electron chi connectivity index (χ1n) is 7.31. The normalized spacial score (nSPS) is 21.3. The van der Waals surface area contributed by atoms with E-state index >= 15 is 0 Å². The van der Waals surface area contributed by atoms with Gasteiger partial charge in [0.25, 0.3) is 0 Å². The zero-order valence-electron chi connectivity index (χ0n) is 11.3. The molecule has 3 rings (SSSR count). The molecule has 5 heteroatoms. The number of carboxylic acid groups (broad SMARTS) is 1. The van der Waals surface area contributed by atoms with Crippen LogP contribution in [0.4, 0.5) is 0 Å². The second-order valence-electron chi connectivity index (χ2n) is 6.10. The van der Waals surface area contributed by atoms with Crippen molar-refractivity contribution in [1.82, 2.24) is 14.8 Å². The Morgan fingerprint density at radius 3 is 2.74 bits per heavy atom. The first-order chi connectivity index (χ1) is 9.19. The van der Waals surface area contributed by atoms with Gasteiger partial charge in [-0.25, -0.2) is 0 Å². The molecule has 2 heterocycles. The maximum absolute atomic E-state index is 11.2. The minimum Gasteiger partial charge on any atom is -0.481 e. The van der Waals surface area contributed by atoms with E-state index < -0.39 is 5.97 Å². The number of rotatable bonds is 4. The summed E-state index contributed by atoms with van der Waals surface area (Å²) in [5.41, 5.74) is -0.0868. The lowest BCUT2D eigenvalue weighted by molar-refractivity contribution is -0.140. The summed E-state index contributed by atoms with van der Waals surface area (Å²) in [6, 6.07) is 0. The van der Waals surface area contributed by atoms with Crippen LogP contribution in [-0.4, -0.2) is 25.8 Å². The molecule has 1 fully saturated rings. The molecule has 0 amide bonds. The van der Waals surface area contributed by atoms with Gasteiger partial charge in [-0.1, -0.05) is 19.3 Å². The Hall–Kier alpha value is -1.39. The van der Waals surface area contributed by atoms with Crippen molar-refractivity contribution in [3.63, 3.8) is 0 Å². The molecule has 0 spiro atoms. The Kier molecular flexibility index (Phi) is 3.29. The quantitative estimate of drug-likeness (QED) is 0.904. The average molecular weight is 263 g/mol. The van der Waals surface area contributed by atoms with E-state index in [-0.39, 0.29) is 11.8 Å². The van der Waals surface area contributed by atoms with Crippen LogP contribution in [0.2, 0.25) is 0 Å². The number of aryl methyl sites for hydroxylation is 1. The van der Waals surface area contributed by atoms with Gasteiger partial charge in [0, 0.05) is 19.4 Å². The van der Waals surface area contributed by atoms with Gasteiger partial charge in [0.1, 0.15) is 11.6 Å². The van der Waals surface area contributed by atoms with Crippen LogP contribution in [0.3, 0.4) is 0 Å². The van der Waals surface area contributed by atoms with Crippen molar-refractivity contribution in [3.8, 4) is 0 Å². The zero-order chi connectivity index (χ0) is 13.3. The van der Waals surface area contributed by atoms with Crippen LogP contribution < -0.4 is 0 Å². The molecule has 1 saturated carbocycles. The number of aromatic nitrogens is 3. The highest BCUT2D eigenvalue weighted by Gasteiger charge is 2.36. The third-order valence-electron chi connectivity index (χ3n) is 4.66. The van der Waals surface area contributed by atoms with Gasteiger partial charge in [-0.2, -0.15) is 0 Å². The fourth-order valence-electron chi connectivity index (χ4n) is 3.72. The smallest absolute Gasteiger partial charge is 0.303 e. The predicted molar refractivity (Wildman–Crippen MR) is 69.8 cm³/mol. The van der Waals surface area contributed by atoms with E-state index in [4.69, 9.17) is 0 Å². The van der Waals surface area contributed by atoms with Gasteiger partial charge < -0.3 is 9.67 Å². The lowest BCUT2D eigenvalue weighted by Gasteiger charge is -2.35. The number of hydrogen-bond acceptors (Lipinski definition) is 3. The number of fused-ring (bicyclic) bond motifs is 1. The molecule has 0 saturated heterocycles. The molecule has 0 aromatic carbocycles. The average Bonchev–Trinajstić information content (AvgIpc) is 2.94. The van der Waals surface area contributed by atoms with E-state index in [0.717, 1.165) is 63.1 Å². The lowest BCUT2D eigenvalue weighted by Crippen LogP contribution is -2.31. The number of carbonyl (C=O) groups is 1. The maximum atomic E-state index is 11.2. The summed E-state index contributed by atoms with van der Waals surface area (Å²) >= 11 is 0. The van der Waals surface area contributed by atoms with E-state index in [1.165, 1.54) is 6.42 Å². The Labute approximate surface area is 113 Å². The highest BCUT2D eigenvalue weighted by atomic mass is 16.4. The summed E-state index contributed by atoms with van der Waals surface area (Å²) in [5.74, 6) is 1.41. The highest BCUT2D eigenvalue weighted by Crippen LogP contribution is 2.42. The van der Waals surface area contributed by atoms with Gasteiger partial charge in [0.15, 0.2) is 0 Å². The summed E-state index contributed by atoms with van der Waals surface area (Å²) in [5, 5.41) is 17.8. The Morgan fingerprint density at radius 1 is 1.21 bits per heavy atom. The summed E-state index contributed by atoms with van der Waals surface area (Å²) < 4.78 is 2.21. The van der Waals surface area contributed by atoms with Crippen LogP contribution in [0.1, 0.15) is 56.6 Å². The Bertz CT molecular complexity index is 475. The highest BCUT2D eigenvalue weighted by molar-refractivity contribution is 5.67. The summed E-state index contributed by atoms with van der Waals surface area (Å²) in [7, 11) is 0. The van der Waals surface area contributed by atoms with Gasteiger partial charge in [-0.3, -0.25) is 4.79 Å². The van der Waals surface area contributed by atoms with Crippen molar-refractivity contribution in [3.05, 3.63) is 11.6 Å². The number of hydrogen-bond donors (Lipinski definition) is 1. The van der Waals surface area contributed by atoms with Crippen LogP contribution in [0.5, 0.6) is 0 Å². The van der Waals surface area contributed by atoms with E-state index in [0.29, 0.717) is 0 Å². The summed E-state index contributed by atoms with van der Waals surface area (Å²) in [4.78, 5) is 11.2. The maximum Gasteiger partial charge on any atom is 0.303 e. The van der Waals surface area contributed by atoms with Gasteiger partial charge in [0.2, 0.25) is 0 Å². The van der Waals surface area contributed by atoms with E-state index in [9.17, 15) is 9.90 Å². The molecular weight excluding hydrogens is 242 g/mol. The molecule has 1 aromatic rings. The first-order valence-corrected chi connectivity index (χ1v) is 7.31. The SMILES string of the molecule is O=C(O)CC1(Cc2nnc3n2CCC3)CCCCC1. The molecule has 1 aliphatic carbocycles. The molecule has 1 aromatic heterocycles. The molecule has 2 aliphatic rings. The van der Waals surface area contributed by atoms with Crippen molar-refractivity contribution < 1.29 is 9.90 Å². The zero-order valence-corrected chi connectivity index (χ0v) is 11.3. The largest absolute Gasteiger partial charge is 0.481 e. The lowest BCUT2D eigenvalue weighted by atomic mass is 9.69. The minimum atomic E-state index is -0.678. The van der Waals surface area contributed by atoms with E-state index in [2.05, 4.69) is 14.8 Å². The van der Waals surface area contributed by atoms with Gasteiger partial charge >= 0.3 is 5.97 Å². The van der Waals surface area contributed by atoms with Crippen LogP contribution in [0.15, 0.2) is 0 Å². The van der Waals surface area contributed by atoms with Crippen molar-refractivity contribution in [1.29, 1.82) is 0 Å². The second kappa shape index (κ2) is 4.94. The summed E-state index contributed by atoms with van der Waals surface area (Å²) in [6.45, 7) is 1.00. The van der Waals surface area contributed by atoms with E-state index in [1.54, 1.807) is 0 Å². The topological polar surface area (TPSA) is 68.0 Å². The third-order valence-corrected chi connectivity index (χ3v) is 4.66. The Morgan fingerprint density at radius 2 is 2.00 bits per heavy atom. The standard InChI is InChI=1S/C14H21N3O2/c18-13(19)10-14(6-2-1-3-7-14)9-12-16-15-11-5-4-8-17(11)12/h1-10H2,(H,18,19). The van der Waals surface area contributed by atoms with Gasteiger partial charge in [0.05, 0.1) is 6.42 Å². The number of aliphatic carboxylic acids is 1. The molecular formula is C14H21N3O2. The Balaban J connectivity index is 1.82. The molecule has 0 atom stereocenters. The van der Waals surface area contributed by atoms with Gasteiger partial charge in [-0.15, -0.1) is 10.2 Å². The van der Waals surface area contributed by atoms with E-state index in [1.807, 2.05) is 0 Å². The molecule has 1 aliphatic heterocycles. The fourth-order valence-corrected chi connectivity index (χ4v) is 3.72.